The zero-order chi connectivity index (χ0) is 13.1. The van der Waals surface area contributed by atoms with E-state index in [0.717, 1.165) is 19.4 Å². The number of aryl methyl sites for hydroxylation is 1. The quantitative estimate of drug-likeness (QED) is 0.885. The third kappa shape index (κ3) is 3.00. The molecule has 1 fully saturated rings. The summed E-state index contributed by atoms with van der Waals surface area (Å²) in [4.78, 5) is 11.9. The maximum absolute atomic E-state index is 13.4. The second-order valence-corrected chi connectivity index (χ2v) is 4.99. The van der Waals surface area contributed by atoms with Crippen molar-refractivity contribution in [2.75, 3.05) is 13.1 Å². The number of hydrogen-bond donors (Lipinski definition) is 2. The van der Waals surface area contributed by atoms with Crippen molar-refractivity contribution >= 4 is 17.5 Å². The van der Waals surface area contributed by atoms with Crippen LogP contribution in [0, 0.1) is 12.7 Å². The van der Waals surface area contributed by atoms with Crippen LogP contribution < -0.4 is 10.6 Å². The Morgan fingerprint density at radius 3 is 3.06 bits per heavy atom. The van der Waals surface area contributed by atoms with Gasteiger partial charge in [0.15, 0.2) is 0 Å². The summed E-state index contributed by atoms with van der Waals surface area (Å²) in [5, 5.41) is 6.34. The van der Waals surface area contributed by atoms with E-state index in [2.05, 4.69) is 10.6 Å². The highest BCUT2D eigenvalue weighted by atomic mass is 35.5. The third-order valence-electron chi connectivity index (χ3n) is 3.16. The summed E-state index contributed by atoms with van der Waals surface area (Å²) in [7, 11) is 0. The summed E-state index contributed by atoms with van der Waals surface area (Å²) >= 11 is 5.95. The van der Waals surface area contributed by atoms with Crippen molar-refractivity contribution in [2.45, 2.75) is 25.8 Å². The first-order valence-electron chi connectivity index (χ1n) is 6.05. The Hall–Kier alpha value is -1.13. The molecular formula is C13H16ClFN2O. The summed E-state index contributed by atoms with van der Waals surface area (Å²) in [5.74, 6) is -0.740. The van der Waals surface area contributed by atoms with Crippen LogP contribution in [0.15, 0.2) is 12.1 Å². The van der Waals surface area contributed by atoms with Crippen molar-refractivity contribution in [1.82, 2.24) is 10.6 Å². The molecule has 1 aliphatic heterocycles. The Morgan fingerprint density at radius 2 is 2.39 bits per heavy atom. The van der Waals surface area contributed by atoms with Crippen molar-refractivity contribution in [3.63, 3.8) is 0 Å². The molecule has 1 aromatic carbocycles. The van der Waals surface area contributed by atoms with Crippen LogP contribution in [0.1, 0.15) is 28.8 Å². The Bertz CT molecular complexity index is 459. The zero-order valence-corrected chi connectivity index (χ0v) is 11.0. The molecule has 0 bridgehead atoms. The van der Waals surface area contributed by atoms with Crippen molar-refractivity contribution in [3.05, 3.63) is 34.1 Å². The Morgan fingerprint density at radius 1 is 1.61 bits per heavy atom. The van der Waals surface area contributed by atoms with Crippen LogP contribution in [0.4, 0.5) is 4.39 Å². The second-order valence-electron chi connectivity index (χ2n) is 4.58. The summed E-state index contributed by atoms with van der Waals surface area (Å²) in [5.41, 5.74) is 0.631. The number of nitrogens with one attached hydrogen (secondary N) is 2. The fourth-order valence-corrected chi connectivity index (χ4v) is 2.37. The van der Waals surface area contributed by atoms with Gasteiger partial charge in [0.1, 0.15) is 5.82 Å². The van der Waals surface area contributed by atoms with E-state index in [9.17, 15) is 9.18 Å². The van der Waals surface area contributed by atoms with Gasteiger partial charge >= 0.3 is 0 Å². The van der Waals surface area contributed by atoms with Gasteiger partial charge in [-0.25, -0.2) is 4.39 Å². The third-order valence-corrected chi connectivity index (χ3v) is 3.48. The standard InChI is InChI=1S/C13H16ClFN2O/c1-8-5-11(14)10(6-12(8)15)13(18)17-7-9-3-2-4-16-9/h5-6,9,16H,2-4,7H2,1H3,(H,17,18). The number of carbonyl (C=O) groups is 1. The van der Waals surface area contributed by atoms with E-state index in [0.29, 0.717) is 18.2 Å². The average molecular weight is 271 g/mol. The molecule has 1 atom stereocenters. The molecule has 0 spiro atoms. The molecule has 3 nitrogen and oxygen atoms in total. The number of carbonyl (C=O) groups excluding carboxylic acids is 1. The van der Waals surface area contributed by atoms with Crippen LogP contribution >= 0.6 is 11.6 Å². The van der Waals surface area contributed by atoms with E-state index in [1.165, 1.54) is 12.1 Å². The molecule has 18 heavy (non-hydrogen) atoms. The van der Waals surface area contributed by atoms with E-state index in [4.69, 9.17) is 11.6 Å². The molecule has 1 aliphatic rings. The highest BCUT2D eigenvalue weighted by Gasteiger charge is 2.17. The SMILES string of the molecule is Cc1cc(Cl)c(C(=O)NCC2CCCN2)cc1F. The van der Waals surface area contributed by atoms with Gasteiger partial charge in [-0.2, -0.15) is 0 Å². The van der Waals surface area contributed by atoms with E-state index in [1.807, 2.05) is 0 Å². The van der Waals surface area contributed by atoms with E-state index >= 15 is 0 Å². The maximum atomic E-state index is 13.4. The molecule has 1 aromatic rings. The van der Waals surface area contributed by atoms with Crippen LogP contribution in [0.3, 0.4) is 0 Å². The number of benzene rings is 1. The normalized spacial score (nSPS) is 18.9. The molecule has 0 radical (unpaired) electrons. The summed E-state index contributed by atoms with van der Waals surface area (Å²) in [6, 6.07) is 2.97. The Kier molecular flexibility index (Phi) is 4.19. The summed E-state index contributed by atoms with van der Waals surface area (Å²) in [6.45, 7) is 3.15. The fraction of sp³-hybridized carbons (Fsp3) is 0.462. The lowest BCUT2D eigenvalue weighted by Crippen LogP contribution is -2.37. The summed E-state index contributed by atoms with van der Waals surface area (Å²) < 4.78 is 13.4. The molecular weight excluding hydrogens is 255 g/mol. The first kappa shape index (κ1) is 13.3. The van der Waals surface area contributed by atoms with E-state index in [-0.39, 0.29) is 16.5 Å². The number of amides is 1. The van der Waals surface area contributed by atoms with Gasteiger partial charge in [0.25, 0.3) is 5.91 Å². The monoisotopic (exact) mass is 270 g/mol. The topological polar surface area (TPSA) is 41.1 Å². The minimum Gasteiger partial charge on any atom is -0.350 e. The van der Waals surface area contributed by atoms with Crippen molar-refractivity contribution in [2.24, 2.45) is 0 Å². The summed E-state index contributed by atoms with van der Waals surface area (Å²) in [6.07, 6.45) is 2.18. The predicted octanol–water partition coefficient (Wildman–Crippen LogP) is 2.27. The maximum Gasteiger partial charge on any atom is 0.252 e. The minimum atomic E-state index is -0.413. The van der Waals surface area contributed by atoms with Gasteiger partial charge in [0.05, 0.1) is 10.6 Å². The lowest BCUT2D eigenvalue weighted by Gasteiger charge is -2.12. The van der Waals surface area contributed by atoms with Crippen molar-refractivity contribution in [3.8, 4) is 0 Å². The molecule has 0 aromatic heterocycles. The highest BCUT2D eigenvalue weighted by Crippen LogP contribution is 2.20. The molecule has 98 valence electrons. The Balaban J connectivity index is 2.01. The Labute approximate surface area is 111 Å². The van der Waals surface area contributed by atoms with Gasteiger partial charge in [-0.05, 0) is 44.0 Å². The molecule has 2 N–H and O–H groups in total. The van der Waals surface area contributed by atoms with Gasteiger partial charge < -0.3 is 10.6 Å². The number of halogens is 2. The van der Waals surface area contributed by atoms with Crippen LogP contribution in [0.5, 0.6) is 0 Å². The van der Waals surface area contributed by atoms with Gasteiger partial charge in [0.2, 0.25) is 0 Å². The van der Waals surface area contributed by atoms with Crippen LogP contribution in [0.2, 0.25) is 5.02 Å². The fourth-order valence-electron chi connectivity index (χ4n) is 2.06. The molecule has 0 saturated carbocycles. The zero-order valence-electron chi connectivity index (χ0n) is 10.2. The lowest BCUT2D eigenvalue weighted by atomic mass is 10.1. The molecule has 1 saturated heterocycles. The minimum absolute atomic E-state index is 0.192. The second kappa shape index (κ2) is 5.67. The molecule has 5 heteroatoms. The van der Waals surface area contributed by atoms with Gasteiger partial charge in [-0.3, -0.25) is 4.79 Å². The number of hydrogen-bond acceptors (Lipinski definition) is 2. The van der Waals surface area contributed by atoms with Crippen LogP contribution in [-0.4, -0.2) is 25.0 Å². The smallest absolute Gasteiger partial charge is 0.252 e. The molecule has 2 rings (SSSR count). The number of rotatable bonds is 3. The predicted molar refractivity (Wildman–Crippen MR) is 69.5 cm³/mol. The lowest BCUT2D eigenvalue weighted by molar-refractivity contribution is 0.0950. The van der Waals surface area contributed by atoms with Crippen LogP contribution in [-0.2, 0) is 0 Å². The van der Waals surface area contributed by atoms with E-state index in [1.54, 1.807) is 6.92 Å². The highest BCUT2D eigenvalue weighted by molar-refractivity contribution is 6.33. The van der Waals surface area contributed by atoms with Crippen molar-refractivity contribution in [1.29, 1.82) is 0 Å². The first-order valence-corrected chi connectivity index (χ1v) is 6.43. The largest absolute Gasteiger partial charge is 0.350 e. The average Bonchev–Trinajstić information content (AvgIpc) is 2.84. The van der Waals surface area contributed by atoms with E-state index < -0.39 is 5.82 Å². The molecule has 1 heterocycles. The van der Waals surface area contributed by atoms with Gasteiger partial charge in [-0.15, -0.1) is 0 Å². The molecule has 0 aliphatic carbocycles. The van der Waals surface area contributed by atoms with Gasteiger partial charge in [0, 0.05) is 12.6 Å². The van der Waals surface area contributed by atoms with Crippen LogP contribution in [0.25, 0.3) is 0 Å². The van der Waals surface area contributed by atoms with Gasteiger partial charge in [-0.1, -0.05) is 11.6 Å². The molecule has 1 unspecified atom stereocenters. The van der Waals surface area contributed by atoms with Crippen molar-refractivity contribution < 1.29 is 9.18 Å². The molecule has 1 amide bonds. The first-order chi connectivity index (χ1) is 8.58.